The van der Waals surface area contributed by atoms with Crippen LogP contribution < -0.4 is 14.9 Å². The van der Waals surface area contributed by atoms with E-state index < -0.39 is 12.0 Å². The van der Waals surface area contributed by atoms with Gasteiger partial charge in [-0.25, -0.2) is 9.79 Å². The van der Waals surface area contributed by atoms with Crippen molar-refractivity contribution in [2.75, 3.05) is 6.61 Å². The molecule has 0 radical (unpaired) electrons. The summed E-state index contributed by atoms with van der Waals surface area (Å²) < 4.78 is 13.3. The lowest BCUT2D eigenvalue weighted by molar-refractivity contribution is -0.138. The van der Waals surface area contributed by atoms with Crippen LogP contribution in [0.1, 0.15) is 60.9 Å². The minimum Gasteiger partial charge on any atom is -0.463 e. The Morgan fingerprint density at radius 3 is 2.46 bits per heavy atom. The number of aromatic nitrogens is 1. The molecule has 1 atom stereocenters. The van der Waals surface area contributed by atoms with E-state index in [1.165, 1.54) is 16.9 Å². The third-order valence-corrected chi connectivity index (χ3v) is 7.31. The molecule has 1 aliphatic heterocycles. The quantitative estimate of drug-likeness (QED) is 0.342. The van der Waals surface area contributed by atoms with Crippen LogP contribution in [0, 0.1) is 6.92 Å². The summed E-state index contributed by atoms with van der Waals surface area (Å²) in [6.07, 6.45) is 1.73. The second-order valence-electron chi connectivity index (χ2n) is 9.20. The van der Waals surface area contributed by atoms with Gasteiger partial charge in [0.1, 0.15) is 11.5 Å². The summed E-state index contributed by atoms with van der Waals surface area (Å²) in [5.74, 6) is 1.22. The Hall–Kier alpha value is -3.97. The summed E-state index contributed by atoms with van der Waals surface area (Å²) in [4.78, 5) is 32.7. The zero-order chi connectivity index (χ0) is 26.1. The number of benzene rings is 2. The topological polar surface area (TPSA) is 73.8 Å². The lowest BCUT2D eigenvalue weighted by atomic mass is 9.91. The first kappa shape index (κ1) is 24.7. The molecule has 4 aromatic rings. The summed E-state index contributed by atoms with van der Waals surface area (Å²) in [5.41, 5.74) is 3.40. The van der Waals surface area contributed by atoms with E-state index in [0.717, 1.165) is 16.9 Å². The van der Waals surface area contributed by atoms with Crippen LogP contribution in [0.25, 0.3) is 11.8 Å². The number of fused-ring (bicyclic) bond motifs is 1. The molecule has 0 amide bonds. The number of aryl methyl sites for hydroxylation is 1. The van der Waals surface area contributed by atoms with Gasteiger partial charge in [-0.2, -0.15) is 0 Å². The molecular weight excluding hydrogens is 484 g/mol. The van der Waals surface area contributed by atoms with E-state index in [0.29, 0.717) is 32.3 Å². The molecule has 2 aromatic carbocycles. The Kier molecular flexibility index (Phi) is 6.80. The Bertz CT molecular complexity index is 1650. The van der Waals surface area contributed by atoms with Crippen LogP contribution in [-0.4, -0.2) is 17.1 Å². The number of furan rings is 1. The first-order chi connectivity index (χ1) is 17.9. The van der Waals surface area contributed by atoms with Gasteiger partial charge in [0.25, 0.3) is 5.56 Å². The summed E-state index contributed by atoms with van der Waals surface area (Å²) in [5, 5.41) is 0. The molecule has 6 nitrogen and oxygen atoms in total. The number of carbonyl (C=O) groups is 1. The predicted molar refractivity (Wildman–Crippen MR) is 145 cm³/mol. The molecule has 0 saturated heterocycles. The lowest BCUT2D eigenvalue weighted by Crippen LogP contribution is -2.40. The van der Waals surface area contributed by atoms with Crippen LogP contribution in [0.2, 0.25) is 0 Å². The molecule has 5 rings (SSSR count). The van der Waals surface area contributed by atoms with E-state index >= 15 is 0 Å². The Labute approximate surface area is 218 Å². The molecule has 37 heavy (non-hydrogen) atoms. The van der Waals surface area contributed by atoms with Crippen molar-refractivity contribution in [1.82, 2.24) is 4.57 Å². The molecule has 2 aromatic heterocycles. The Morgan fingerprint density at radius 2 is 1.84 bits per heavy atom. The Morgan fingerprint density at radius 1 is 1.11 bits per heavy atom. The number of hydrogen-bond acceptors (Lipinski definition) is 6. The molecule has 0 N–H and O–H groups in total. The number of esters is 1. The van der Waals surface area contributed by atoms with Gasteiger partial charge in [0, 0.05) is 11.6 Å². The van der Waals surface area contributed by atoms with Crippen LogP contribution in [0.5, 0.6) is 0 Å². The molecular formula is C30H28N2O4S. The smallest absolute Gasteiger partial charge is 0.338 e. The third-order valence-electron chi connectivity index (χ3n) is 6.33. The molecule has 1 aliphatic rings. The third kappa shape index (κ3) is 4.74. The minimum absolute atomic E-state index is 0.214. The summed E-state index contributed by atoms with van der Waals surface area (Å²) in [6, 6.07) is 20.6. The van der Waals surface area contributed by atoms with Gasteiger partial charge in [-0.1, -0.05) is 79.8 Å². The number of thiazole rings is 1. The van der Waals surface area contributed by atoms with Gasteiger partial charge in [0.05, 0.1) is 28.5 Å². The Balaban J connectivity index is 1.81. The molecule has 0 bridgehead atoms. The van der Waals surface area contributed by atoms with Crippen LogP contribution in [0.3, 0.4) is 0 Å². The maximum absolute atomic E-state index is 13.8. The zero-order valence-corrected chi connectivity index (χ0v) is 22.0. The molecule has 0 aliphatic carbocycles. The van der Waals surface area contributed by atoms with Crippen molar-refractivity contribution in [2.45, 2.75) is 39.7 Å². The number of ether oxygens (including phenoxy) is 1. The highest BCUT2D eigenvalue weighted by molar-refractivity contribution is 7.07. The van der Waals surface area contributed by atoms with Gasteiger partial charge < -0.3 is 9.15 Å². The van der Waals surface area contributed by atoms with Crippen molar-refractivity contribution in [1.29, 1.82) is 0 Å². The summed E-state index contributed by atoms with van der Waals surface area (Å²) >= 11 is 1.28. The van der Waals surface area contributed by atoms with Gasteiger partial charge in [0.15, 0.2) is 4.80 Å². The standard InChI is InChI=1S/C30H28N2O4S/c1-5-35-29(34)25-26(21-9-7-6-8-10-21)31-30-32(27(25)22-14-12-20(13-15-22)18(2)3)28(33)24(37-30)17-23-16-11-19(4)36-23/h6-18,27H,5H2,1-4H3/b24-17-. The molecule has 3 heterocycles. The second-order valence-corrected chi connectivity index (χ2v) is 10.2. The SMILES string of the molecule is CCOC(=O)C1=C(c2ccccc2)N=c2s/c(=C\c3ccc(C)o3)c(=O)n2C1c1ccc(C(C)C)cc1. The van der Waals surface area contributed by atoms with Crippen LogP contribution in [0.4, 0.5) is 0 Å². The molecule has 0 saturated carbocycles. The van der Waals surface area contributed by atoms with Crippen LogP contribution >= 0.6 is 11.3 Å². The zero-order valence-electron chi connectivity index (χ0n) is 21.2. The molecule has 0 spiro atoms. The van der Waals surface area contributed by atoms with E-state index in [9.17, 15) is 9.59 Å². The fourth-order valence-electron chi connectivity index (χ4n) is 4.48. The fraction of sp³-hybridized carbons (Fsp3) is 0.233. The van der Waals surface area contributed by atoms with Crippen molar-refractivity contribution in [3.05, 3.63) is 120 Å². The molecule has 0 fully saturated rings. The van der Waals surface area contributed by atoms with Gasteiger partial charge in [-0.15, -0.1) is 0 Å². The van der Waals surface area contributed by atoms with Gasteiger partial charge in [-0.3, -0.25) is 9.36 Å². The summed E-state index contributed by atoms with van der Waals surface area (Å²) in [7, 11) is 0. The van der Waals surface area contributed by atoms with E-state index in [4.69, 9.17) is 14.1 Å². The van der Waals surface area contributed by atoms with Crippen LogP contribution in [0.15, 0.2) is 86.5 Å². The first-order valence-corrected chi connectivity index (χ1v) is 13.1. The normalized spacial score (nSPS) is 15.6. The minimum atomic E-state index is -0.688. The highest BCUT2D eigenvalue weighted by atomic mass is 32.1. The maximum atomic E-state index is 13.8. The van der Waals surface area contributed by atoms with Crippen molar-refractivity contribution in [2.24, 2.45) is 4.99 Å². The van der Waals surface area contributed by atoms with Crippen LogP contribution in [-0.2, 0) is 9.53 Å². The molecule has 188 valence electrons. The fourth-order valence-corrected chi connectivity index (χ4v) is 5.46. The molecule has 7 heteroatoms. The van der Waals surface area contributed by atoms with Crippen molar-refractivity contribution >= 4 is 29.1 Å². The average molecular weight is 513 g/mol. The summed E-state index contributed by atoms with van der Waals surface area (Å²) in [6.45, 7) is 8.11. The molecule has 1 unspecified atom stereocenters. The first-order valence-electron chi connectivity index (χ1n) is 12.3. The average Bonchev–Trinajstić information content (AvgIpc) is 3.45. The maximum Gasteiger partial charge on any atom is 0.338 e. The van der Waals surface area contributed by atoms with Gasteiger partial charge in [0.2, 0.25) is 0 Å². The van der Waals surface area contributed by atoms with E-state index in [-0.39, 0.29) is 12.2 Å². The van der Waals surface area contributed by atoms with E-state index in [2.05, 4.69) is 13.8 Å². The number of hydrogen-bond donors (Lipinski definition) is 0. The monoisotopic (exact) mass is 512 g/mol. The lowest BCUT2D eigenvalue weighted by Gasteiger charge is -2.26. The predicted octanol–water partition coefficient (Wildman–Crippen LogP) is 4.96. The van der Waals surface area contributed by atoms with Gasteiger partial charge in [-0.05, 0) is 43.0 Å². The van der Waals surface area contributed by atoms with Crippen molar-refractivity contribution in [3.63, 3.8) is 0 Å². The highest BCUT2D eigenvalue weighted by Crippen LogP contribution is 2.35. The second kappa shape index (κ2) is 10.2. The van der Waals surface area contributed by atoms with Crippen molar-refractivity contribution in [3.8, 4) is 0 Å². The largest absolute Gasteiger partial charge is 0.463 e. The highest BCUT2D eigenvalue weighted by Gasteiger charge is 2.35. The number of rotatable bonds is 6. The van der Waals surface area contributed by atoms with E-state index in [1.54, 1.807) is 17.6 Å². The number of nitrogens with zero attached hydrogens (tertiary/aromatic N) is 2. The number of carbonyl (C=O) groups excluding carboxylic acids is 1. The van der Waals surface area contributed by atoms with Gasteiger partial charge >= 0.3 is 5.97 Å². The van der Waals surface area contributed by atoms with E-state index in [1.807, 2.05) is 73.7 Å². The van der Waals surface area contributed by atoms with Crippen molar-refractivity contribution < 1.29 is 13.9 Å².